The lowest BCUT2D eigenvalue weighted by Crippen LogP contribution is -2.43. The standard InChI is InChI=1S/C16H18FNO2/c1-15-7-12(9-18)16(2,20-15)14(8-15)19-10-11-5-3-4-6-13(11)17/h3-6,12,14H,7-8,10H2,1-2H3/t12?,14-,15-,16+/m0/s1. The van der Waals surface area contributed by atoms with Crippen LogP contribution in [0, 0.1) is 23.1 Å². The number of fused-ring (bicyclic) bond motifs is 2. The van der Waals surface area contributed by atoms with Crippen molar-refractivity contribution >= 4 is 0 Å². The van der Waals surface area contributed by atoms with Gasteiger partial charge in [-0.15, -0.1) is 0 Å². The minimum absolute atomic E-state index is 0.160. The fraction of sp³-hybridized carbons (Fsp3) is 0.562. The molecule has 2 heterocycles. The largest absolute Gasteiger partial charge is 0.370 e. The van der Waals surface area contributed by atoms with E-state index in [1.165, 1.54) is 6.07 Å². The highest BCUT2D eigenvalue weighted by molar-refractivity contribution is 5.19. The van der Waals surface area contributed by atoms with Crippen LogP contribution in [0.5, 0.6) is 0 Å². The van der Waals surface area contributed by atoms with Crippen molar-refractivity contribution in [3.8, 4) is 6.07 Å². The lowest BCUT2D eigenvalue weighted by molar-refractivity contribution is -0.0931. The van der Waals surface area contributed by atoms with Crippen molar-refractivity contribution in [2.45, 2.75) is 50.6 Å². The van der Waals surface area contributed by atoms with Crippen LogP contribution in [0.25, 0.3) is 0 Å². The van der Waals surface area contributed by atoms with E-state index in [2.05, 4.69) is 6.07 Å². The van der Waals surface area contributed by atoms with Gasteiger partial charge in [-0.05, 0) is 26.3 Å². The highest BCUT2D eigenvalue weighted by atomic mass is 19.1. The normalized spacial score (nSPS) is 38.9. The lowest BCUT2D eigenvalue weighted by Gasteiger charge is -2.32. The number of nitrogens with zero attached hydrogens (tertiary/aromatic N) is 1. The van der Waals surface area contributed by atoms with Gasteiger partial charge < -0.3 is 9.47 Å². The molecule has 2 bridgehead atoms. The molecule has 1 aromatic carbocycles. The van der Waals surface area contributed by atoms with E-state index in [0.717, 1.165) is 12.8 Å². The average Bonchev–Trinajstić information content (AvgIpc) is 2.82. The molecule has 0 radical (unpaired) electrons. The number of hydrogen-bond donors (Lipinski definition) is 0. The maximum absolute atomic E-state index is 13.6. The molecule has 2 fully saturated rings. The van der Waals surface area contributed by atoms with Gasteiger partial charge in [0.25, 0.3) is 0 Å². The molecule has 2 aliphatic heterocycles. The van der Waals surface area contributed by atoms with Gasteiger partial charge in [0.05, 0.1) is 30.3 Å². The lowest BCUT2D eigenvalue weighted by atomic mass is 9.74. The van der Waals surface area contributed by atoms with E-state index >= 15 is 0 Å². The van der Waals surface area contributed by atoms with Crippen LogP contribution in [-0.4, -0.2) is 17.3 Å². The zero-order valence-electron chi connectivity index (χ0n) is 11.7. The Labute approximate surface area is 118 Å². The molecular formula is C16H18FNO2. The highest BCUT2D eigenvalue weighted by Gasteiger charge is 2.63. The summed E-state index contributed by atoms with van der Waals surface area (Å²) in [5.74, 6) is -0.420. The molecule has 0 saturated carbocycles. The molecule has 2 aliphatic rings. The molecule has 0 aromatic heterocycles. The summed E-state index contributed by atoms with van der Waals surface area (Å²) in [6.45, 7) is 4.17. The summed E-state index contributed by atoms with van der Waals surface area (Å²) in [4.78, 5) is 0. The van der Waals surface area contributed by atoms with Crippen LogP contribution in [0.4, 0.5) is 4.39 Å². The predicted molar refractivity (Wildman–Crippen MR) is 71.2 cm³/mol. The molecule has 4 atom stereocenters. The number of nitriles is 1. The molecule has 20 heavy (non-hydrogen) atoms. The second-order valence-electron chi connectivity index (χ2n) is 6.22. The van der Waals surface area contributed by atoms with E-state index in [-0.39, 0.29) is 30.0 Å². The molecule has 0 aliphatic carbocycles. The zero-order chi connectivity index (χ0) is 14.4. The van der Waals surface area contributed by atoms with Crippen LogP contribution < -0.4 is 0 Å². The van der Waals surface area contributed by atoms with Gasteiger partial charge >= 0.3 is 0 Å². The van der Waals surface area contributed by atoms with Crippen molar-refractivity contribution in [1.29, 1.82) is 5.26 Å². The van der Waals surface area contributed by atoms with Crippen molar-refractivity contribution in [2.24, 2.45) is 5.92 Å². The van der Waals surface area contributed by atoms with Gasteiger partial charge in [0.15, 0.2) is 0 Å². The van der Waals surface area contributed by atoms with Crippen molar-refractivity contribution in [3.05, 3.63) is 35.6 Å². The maximum atomic E-state index is 13.6. The summed E-state index contributed by atoms with van der Waals surface area (Å²) in [6.07, 6.45) is 1.35. The van der Waals surface area contributed by atoms with Crippen LogP contribution in [0.2, 0.25) is 0 Å². The summed E-state index contributed by atoms with van der Waals surface area (Å²) in [5.41, 5.74) is -0.318. The third-order valence-electron chi connectivity index (χ3n) is 4.60. The third-order valence-corrected chi connectivity index (χ3v) is 4.60. The Morgan fingerprint density at radius 1 is 1.40 bits per heavy atom. The van der Waals surface area contributed by atoms with Crippen LogP contribution in [-0.2, 0) is 16.1 Å². The Kier molecular flexibility index (Phi) is 3.07. The minimum Gasteiger partial charge on any atom is -0.370 e. The van der Waals surface area contributed by atoms with Gasteiger partial charge in [-0.1, -0.05) is 18.2 Å². The van der Waals surface area contributed by atoms with Crippen LogP contribution in [0.3, 0.4) is 0 Å². The first kappa shape index (κ1) is 13.5. The monoisotopic (exact) mass is 275 g/mol. The first-order valence-electron chi connectivity index (χ1n) is 6.92. The van der Waals surface area contributed by atoms with E-state index in [9.17, 15) is 9.65 Å². The molecule has 1 aromatic rings. The van der Waals surface area contributed by atoms with Crippen LogP contribution >= 0.6 is 0 Å². The Bertz CT molecular complexity index is 570. The summed E-state index contributed by atoms with van der Waals surface area (Å²) in [5, 5.41) is 9.27. The second kappa shape index (κ2) is 4.54. The summed E-state index contributed by atoms with van der Waals surface area (Å²) >= 11 is 0. The smallest absolute Gasteiger partial charge is 0.128 e. The van der Waals surface area contributed by atoms with Gasteiger partial charge in [0.2, 0.25) is 0 Å². The molecule has 0 amide bonds. The van der Waals surface area contributed by atoms with Gasteiger partial charge in [0, 0.05) is 12.0 Å². The van der Waals surface area contributed by atoms with E-state index < -0.39 is 5.60 Å². The Hall–Kier alpha value is -1.44. The van der Waals surface area contributed by atoms with E-state index in [1.54, 1.807) is 18.2 Å². The minimum atomic E-state index is -0.575. The summed E-state index contributed by atoms with van der Waals surface area (Å²) in [7, 11) is 0. The SMILES string of the molecule is C[C@@]12CC(C#N)[C@@](C)(O1)[C@@H](OCc1ccccc1F)C2. The number of rotatable bonds is 3. The zero-order valence-corrected chi connectivity index (χ0v) is 11.7. The molecule has 1 unspecified atom stereocenters. The number of ether oxygens (including phenoxy) is 2. The van der Waals surface area contributed by atoms with Gasteiger partial charge in [-0.2, -0.15) is 5.26 Å². The molecular weight excluding hydrogens is 257 g/mol. The fourth-order valence-electron chi connectivity index (χ4n) is 3.49. The second-order valence-corrected chi connectivity index (χ2v) is 6.22. The van der Waals surface area contributed by atoms with E-state index in [0.29, 0.717) is 5.56 Å². The number of halogens is 1. The molecule has 2 saturated heterocycles. The van der Waals surface area contributed by atoms with Gasteiger partial charge in [-0.25, -0.2) is 4.39 Å². The molecule has 4 heteroatoms. The van der Waals surface area contributed by atoms with Crippen molar-refractivity contribution in [1.82, 2.24) is 0 Å². The third kappa shape index (κ3) is 2.02. The number of benzene rings is 1. The first-order valence-corrected chi connectivity index (χ1v) is 6.92. The molecule has 3 nitrogen and oxygen atoms in total. The highest BCUT2D eigenvalue weighted by Crippen LogP contribution is 2.54. The van der Waals surface area contributed by atoms with Crippen molar-refractivity contribution < 1.29 is 13.9 Å². The Morgan fingerprint density at radius 2 is 2.15 bits per heavy atom. The van der Waals surface area contributed by atoms with Gasteiger partial charge in [0.1, 0.15) is 11.4 Å². The Morgan fingerprint density at radius 3 is 2.80 bits per heavy atom. The van der Waals surface area contributed by atoms with Gasteiger partial charge in [-0.3, -0.25) is 0 Å². The van der Waals surface area contributed by atoms with Crippen molar-refractivity contribution in [3.63, 3.8) is 0 Å². The molecule has 0 spiro atoms. The van der Waals surface area contributed by atoms with E-state index in [1.807, 2.05) is 13.8 Å². The predicted octanol–water partition coefficient (Wildman–Crippen LogP) is 3.19. The fourth-order valence-corrected chi connectivity index (χ4v) is 3.49. The summed E-state index contributed by atoms with van der Waals surface area (Å²) in [6, 6.07) is 8.92. The average molecular weight is 275 g/mol. The summed E-state index contributed by atoms with van der Waals surface area (Å²) < 4.78 is 25.5. The maximum Gasteiger partial charge on any atom is 0.128 e. The Balaban J connectivity index is 1.73. The van der Waals surface area contributed by atoms with E-state index in [4.69, 9.17) is 9.47 Å². The quantitative estimate of drug-likeness (QED) is 0.850. The molecule has 0 N–H and O–H groups in total. The number of hydrogen-bond acceptors (Lipinski definition) is 3. The molecule has 3 rings (SSSR count). The van der Waals surface area contributed by atoms with Crippen LogP contribution in [0.15, 0.2) is 24.3 Å². The molecule has 106 valence electrons. The van der Waals surface area contributed by atoms with Crippen molar-refractivity contribution in [2.75, 3.05) is 0 Å². The first-order chi connectivity index (χ1) is 9.47. The topological polar surface area (TPSA) is 42.2 Å². The van der Waals surface area contributed by atoms with Crippen LogP contribution in [0.1, 0.15) is 32.3 Å².